The van der Waals surface area contributed by atoms with Crippen LogP contribution < -0.4 is 5.32 Å². The molecular formula is C14H20ClN3O2. The summed E-state index contributed by atoms with van der Waals surface area (Å²) in [6.07, 6.45) is 2.00. The van der Waals surface area contributed by atoms with Crippen molar-refractivity contribution in [3.05, 3.63) is 28.5 Å². The van der Waals surface area contributed by atoms with Gasteiger partial charge in [-0.25, -0.2) is 4.98 Å². The van der Waals surface area contributed by atoms with Crippen LogP contribution in [-0.4, -0.2) is 42.3 Å². The molecule has 1 aromatic rings. The van der Waals surface area contributed by atoms with E-state index in [0.29, 0.717) is 17.3 Å². The van der Waals surface area contributed by atoms with Crippen molar-refractivity contribution in [3.63, 3.8) is 0 Å². The zero-order chi connectivity index (χ0) is 15.1. The molecule has 0 aromatic carbocycles. The molecule has 0 radical (unpaired) electrons. The summed E-state index contributed by atoms with van der Waals surface area (Å²) in [5.41, 5.74) is 1.32. The summed E-state index contributed by atoms with van der Waals surface area (Å²) in [5.74, 6) is -0.250. The Balaban J connectivity index is 2.77. The molecule has 0 aliphatic rings. The highest BCUT2D eigenvalue weighted by molar-refractivity contribution is 6.29. The van der Waals surface area contributed by atoms with E-state index in [1.165, 1.54) is 4.90 Å². The number of amides is 2. The highest BCUT2D eigenvalue weighted by Gasteiger charge is 2.14. The van der Waals surface area contributed by atoms with Gasteiger partial charge in [-0.15, -0.1) is 0 Å². The van der Waals surface area contributed by atoms with E-state index in [1.807, 2.05) is 6.92 Å². The molecule has 0 saturated carbocycles. The van der Waals surface area contributed by atoms with Crippen molar-refractivity contribution >= 4 is 23.4 Å². The Morgan fingerprint density at radius 2 is 2.10 bits per heavy atom. The fourth-order valence-electron chi connectivity index (χ4n) is 1.78. The number of aryl methyl sites for hydroxylation is 1. The highest BCUT2D eigenvalue weighted by Crippen LogP contribution is 2.14. The molecule has 1 rings (SSSR count). The van der Waals surface area contributed by atoms with Gasteiger partial charge in [-0.05, 0) is 18.6 Å². The van der Waals surface area contributed by atoms with Crippen LogP contribution in [0.15, 0.2) is 12.1 Å². The predicted octanol–water partition coefficient (Wildman–Crippen LogP) is 1.90. The number of carbonyl (C=O) groups excluding carboxylic acids is 2. The summed E-state index contributed by atoms with van der Waals surface area (Å²) in [6, 6.07) is 3.31. The lowest BCUT2D eigenvalue weighted by atomic mass is 10.1. The first-order chi connectivity index (χ1) is 9.47. The second-order valence-electron chi connectivity index (χ2n) is 4.57. The van der Waals surface area contributed by atoms with Crippen molar-refractivity contribution in [2.45, 2.75) is 26.2 Å². The third-order valence-electron chi connectivity index (χ3n) is 2.90. The number of hydrogen-bond donors (Lipinski definition) is 1. The first-order valence-electron chi connectivity index (χ1n) is 6.60. The molecule has 1 heterocycles. The van der Waals surface area contributed by atoms with Gasteiger partial charge >= 0.3 is 0 Å². The van der Waals surface area contributed by atoms with Crippen molar-refractivity contribution in [2.75, 3.05) is 20.6 Å². The maximum absolute atomic E-state index is 12.3. The van der Waals surface area contributed by atoms with Gasteiger partial charge in [0.15, 0.2) is 0 Å². The van der Waals surface area contributed by atoms with Crippen molar-refractivity contribution in [1.82, 2.24) is 15.2 Å². The minimum absolute atomic E-state index is 0.0934. The Kier molecular flexibility index (Phi) is 6.45. The van der Waals surface area contributed by atoms with Crippen LogP contribution in [0.25, 0.3) is 0 Å². The van der Waals surface area contributed by atoms with E-state index in [9.17, 15) is 9.59 Å². The Hall–Kier alpha value is -1.62. The lowest BCUT2D eigenvalue weighted by molar-refractivity contribution is -0.120. The summed E-state index contributed by atoms with van der Waals surface area (Å²) in [6.45, 7) is 2.40. The van der Waals surface area contributed by atoms with Crippen LogP contribution in [0.1, 0.15) is 35.8 Å². The largest absolute Gasteiger partial charge is 0.359 e. The Bertz CT molecular complexity index is 491. The number of aromatic nitrogens is 1. The molecule has 6 heteroatoms. The molecule has 0 unspecified atom stereocenters. The summed E-state index contributed by atoms with van der Waals surface area (Å²) in [7, 11) is 3.24. The van der Waals surface area contributed by atoms with Gasteiger partial charge in [-0.3, -0.25) is 9.59 Å². The van der Waals surface area contributed by atoms with Crippen LogP contribution >= 0.6 is 11.6 Å². The van der Waals surface area contributed by atoms with E-state index in [2.05, 4.69) is 10.3 Å². The fourth-order valence-corrected chi connectivity index (χ4v) is 2.00. The Morgan fingerprint density at radius 1 is 1.40 bits per heavy atom. The minimum Gasteiger partial charge on any atom is -0.359 e. The van der Waals surface area contributed by atoms with Gasteiger partial charge in [-0.1, -0.05) is 24.9 Å². The van der Waals surface area contributed by atoms with Gasteiger partial charge < -0.3 is 10.2 Å². The summed E-state index contributed by atoms with van der Waals surface area (Å²) in [5, 5.41) is 2.84. The second-order valence-corrected chi connectivity index (χ2v) is 4.96. The fraction of sp³-hybridized carbons (Fsp3) is 0.500. The quantitative estimate of drug-likeness (QED) is 0.816. The smallest absolute Gasteiger partial charge is 0.253 e. The summed E-state index contributed by atoms with van der Waals surface area (Å²) in [4.78, 5) is 29.1. The topological polar surface area (TPSA) is 62.3 Å². The first-order valence-corrected chi connectivity index (χ1v) is 6.98. The number of nitrogens with one attached hydrogen (secondary N) is 1. The highest BCUT2D eigenvalue weighted by atomic mass is 35.5. The van der Waals surface area contributed by atoms with Crippen LogP contribution in [0.2, 0.25) is 5.15 Å². The van der Waals surface area contributed by atoms with Crippen molar-refractivity contribution < 1.29 is 9.59 Å². The monoisotopic (exact) mass is 297 g/mol. The molecule has 0 bridgehead atoms. The molecule has 1 aromatic heterocycles. The van der Waals surface area contributed by atoms with Crippen molar-refractivity contribution in [2.24, 2.45) is 0 Å². The molecule has 0 fully saturated rings. The van der Waals surface area contributed by atoms with Crippen molar-refractivity contribution in [3.8, 4) is 0 Å². The average molecular weight is 298 g/mol. The Labute approximate surface area is 124 Å². The lowest BCUT2D eigenvalue weighted by Gasteiger charge is -2.17. The molecule has 2 amide bonds. The van der Waals surface area contributed by atoms with Gasteiger partial charge in [0.2, 0.25) is 5.91 Å². The molecule has 20 heavy (non-hydrogen) atoms. The van der Waals surface area contributed by atoms with Crippen molar-refractivity contribution in [1.29, 1.82) is 0 Å². The standard InChI is InChI=1S/C14H20ClN3O2/c1-4-5-11-8-10(9-12(15)17-11)14(20)18(3)7-6-13(19)16-2/h8-9H,4-7H2,1-3H3,(H,16,19). The third kappa shape index (κ3) is 4.81. The number of rotatable bonds is 6. The first kappa shape index (κ1) is 16.4. The molecule has 110 valence electrons. The summed E-state index contributed by atoms with van der Waals surface area (Å²) >= 11 is 5.94. The maximum Gasteiger partial charge on any atom is 0.253 e. The van der Waals surface area contributed by atoms with E-state index < -0.39 is 0 Å². The average Bonchev–Trinajstić information content (AvgIpc) is 2.43. The van der Waals surface area contributed by atoms with E-state index in [-0.39, 0.29) is 18.2 Å². The molecular weight excluding hydrogens is 278 g/mol. The van der Waals surface area contributed by atoms with Crippen LogP contribution in [0.3, 0.4) is 0 Å². The van der Waals surface area contributed by atoms with E-state index >= 15 is 0 Å². The third-order valence-corrected chi connectivity index (χ3v) is 3.09. The molecule has 5 nitrogen and oxygen atoms in total. The zero-order valence-electron chi connectivity index (χ0n) is 12.1. The molecule has 0 atom stereocenters. The van der Waals surface area contributed by atoms with E-state index in [1.54, 1.807) is 26.2 Å². The molecule has 0 saturated heterocycles. The van der Waals surface area contributed by atoms with E-state index in [0.717, 1.165) is 18.5 Å². The molecule has 0 spiro atoms. The van der Waals surface area contributed by atoms with Crippen LogP contribution in [0, 0.1) is 0 Å². The number of halogens is 1. The number of hydrogen-bond acceptors (Lipinski definition) is 3. The molecule has 0 aliphatic carbocycles. The van der Waals surface area contributed by atoms with Crippen LogP contribution in [-0.2, 0) is 11.2 Å². The number of nitrogens with zero attached hydrogens (tertiary/aromatic N) is 2. The van der Waals surface area contributed by atoms with Gasteiger partial charge in [0.05, 0.1) is 0 Å². The lowest BCUT2D eigenvalue weighted by Crippen LogP contribution is -2.31. The second kappa shape index (κ2) is 7.85. The molecule has 0 aliphatic heterocycles. The summed E-state index contributed by atoms with van der Waals surface area (Å²) < 4.78 is 0. The number of carbonyl (C=O) groups is 2. The van der Waals surface area contributed by atoms with Gasteiger partial charge in [-0.2, -0.15) is 0 Å². The van der Waals surface area contributed by atoms with Gasteiger partial charge in [0.1, 0.15) is 5.15 Å². The Morgan fingerprint density at radius 3 is 2.70 bits per heavy atom. The predicted molar refractivity (Wildman–Crippen MR) is 78.9 cm³/mol. The van der Waals surface area contributed by atoms with Gasteiger partial charge in [0.25, 0.3) is 5.91 Å². The SMILES string of the molecule is CCCc1cc(C(=O)N(C)CCC(=O)NC)cc(Cl)n1. The molecule has 1 N–H and O–H groups in total. The normalized spacial score (nSPS) is 10.2. The maximum atomic E-state index is 12.3. The van der Waals surface area contributed by atoms with Crippen LogP contribution in [0.4, 0.5) is 0 Å². The number of pyridine rings is 1. The zero-order valence-corrected chi connectivity index (χ0v) is 12.8. The van der Waals surface area contributed by atoms with Gasteiger partial charge in [0, 0.05) is 38.3 Å². The minimum atomic E-state index is -0.157. The van der Waals surface area contributed by atoms with E-state index in [4.69, 9.17) is 11.6 Å². The van der Waals surface area contributed by atoms with Crippen LogP contribution in [0.5, 0.6) is 0 Å².